The fourth-order valence-electron chi connectivity index (χ4n) is 2.97. The molecule has 0 aromatic carbocycles. The molecule has 2 aliphatic rings. The van der Waals surface area contributed by atoms with Gasteiger partial charge in [-0.1, -0.05) is 31.4 Å². The van der Waals surface area contributed by atoms with Gasteiger partial charge in [0.05, 0.1) is 5.22 Å². The Balaban J connectivity index is 2.29. The lowest BCUT2D eigenvalue weighted by Gasteiger charge is -2.24. The second-order valence-corrected chi connectivity index (χ2v) is 4.99. The maximum atomic E-state index is 12.3. The zero-order valence-electron chi connectivity index (χ0n) is 10.1. The maximum Gasteiger partial charge on any atom is 0.327 e. The number of fused-ring (bicyclic) bond motifs is 1. The van der Waals surface area contributed by atoms with Gasteiger partial charge in [0.25, 0.3) is 5.56 Å². The predicted octanol–water partition coefficient (Wildman–Crippen LogP) is -0.174. The predicted molar refractivity (Wildman–Crippen MR) is 68.6 cm³/mol. The average Bonchev–Trinajstić information content (AvgIpc) is 2.87. The molecule has 0 aliphatic heterocycles. The van der Waals surface area contributed by atoms with Crippen LogP contribution in [-0.2, 0) is 0 Å². The molecule has 5 heteroatoms. The molecule has 3 rings (SSSR count). The lowest BCUT2D eigenvalue weighted by molar-refractivity contribution is 0.331. The van der Waals surface area contributed by atoms with Gasteiger partial charge in [0.1, 0.15) is 0 Å². The van der Waals surface area contributed by atoms with Gasteiger partial charge in [0.2, 0.25) is 0 Å². The molecule has 0 radical (unpaired) electrons. The summed E-state index contributed by atoms with van der Waals surface area (Å²) in [6, 6.07) is -0.0988. The summed E-state index contributed by atoms with van der Waals surface area (Å²) < 4.78 is 1.55. The standard InChI is InChI=1S/C13H15N2O3/c16-12-10-7-4-8-11(10)15(18)13(17)14(12)9-5-2-1-3-6-9/h7-9H,1-6H2/q-1. The molecule has 96 valence electrons. The molecule has 0 amide bonds. The summed E-state index contributed by atoms with van der Waals surface area (Å²) >= 11 is 0. The van der Waals surface area contributed by atoms with Crippen molar-refractivity contribution < 1.29 is 0 Å². The Hall–Kier alpha value is -1.78. The molecule has 18 heavy (non-hydrogen) atoms. The van der Waals surface area contributed by atoms with Crippen molar-refractivity contribution in [3.63, 3.8) is 0 Å². The molecular formula is C13H15N2O3-. The molecule has 0 saturated heterocycles. The third-order valence-corrected chi connectivity index (χ3v) is 3.90. The number of rotatable bonds is 1. The van der Waals surface area contributed by atoms with Crippen LogP contribution in [0.3, 0.4) is 0 Å². The zero-order valence-corrected chi connectivity index (χ0v) is 10.1. The van der Waals surface area contributed by atoms with Crippen LogP contribution < -0.4 is 21.8 Å². The van der Waals surface area contributed by atoms with E-state index in [2.05, 4.69) is 0 Å². The number of hydrogen-bond acceptors (Lipinski definition) is 3. The summed E-state index contributed by atoms with van der Waals surface area (Å²) in [5, 5.41) is 12.5. The highest BCUT2D eigenvalue weighted by Crippen LogP contribution is 2.25. The summed E-state index contributed by atoms with van der Waals surface area (Å²) in [5.41, 5.74) is -1.00. The molecule has 0 atom stereocenters. The average molecular weight is 247 g/mol. The van der Waals surface area contributed by atoms with E-state index in [4.69, 9.17) is 0 Å². The maximum absolute atomic E-state index is 12.3. The van der Waals surface area contributed by atoms with Crippen LogP contribution in [0.4, 0.5) is 0 Å². The molecule has 5 nitrogen and oxygen atoms in total. The molecule has 0 bridgehead atoms. The molecule has 1 aromatic rings. The fourth-order valence-corrected chi connectivity index (χ4v) is 2.97. The normalized spacial score (nSPS) is 19.1. The molecule has 2 aliphatic carbocycles. The van der Waals surface area contributed by atoms with E-state index in [1.807, 2.05) is 0 Å². The van der Waals surface area contributed by atoms with E-state index in [9.17, 15) is 14.8 Å². The minimum atomic E-state index is -0.711. The Labute approximate surface area is 103 Å². The Bertz CT molecular complexity index is 705. The van der Waals surface area contributed by atoms with E-state index < -0.39 is 5.69 Å². The minimum Gasteiger partial charge on any atom is -0.802 e. The second kappa shape index (κ2) is 4.15. The Morgan fingerprint density at radius 1 is 1.11 bits per heavy atom. The van der Waals surface area contributed by atoms with E-state index >= 15 is 0 Å². The van der Waals surface area contributed by atoms with Gasteiger partial charge in [-0.25, -0.2) is 4.79 Å². The van der Waals surface area contributed by atoms with Gasteiger partial charge in [-0.2, -0.15) is 0 Å². The summed E-state index contributed by atoms with van der Waals surface area (Å²) in [6.45, 7) is 0. The van der Waals surface area contributed by atoms with Crippen molar-refractivity contribution >= 4 is 12.2 Å². The van der Waals surface area contributed by atoms with Crippen molar-refractivity contribution in [1.82, 2.24) is 9.30 Å². The summed E-state index contributed by atoms with van der Waals surface area (Å²) in [4.78, 5) is 24.3. The molecular weight excluding hydrogens is 232 g/mol. The van der Waals surface area contributed by atoms with E-state index in [1.54, 1.807) is 12.2 Å². The second-order valence-electron chi connectivity index (χ2n) is 4.99. The first kappa shape index (κ1) is 11.3. The van der Waals surface area contributed by atoms with Crippen LogP contribution in [0.1, 0.15) is 44.6 Å². The number of nitrogens with zero attached hydrogens (tertiary/aromatic N) is 2. The lowest BCUT2D eigenvalue weighted by atomic mass is 9.95. The summed E-state index contributed by atoms with van der Waals surface area (Å²) in [7, 11) is 0. The largest absolute Gasteiger partial charge is 0.802 e. The first-order valence-corrected chi connectivity index (χ1v) is 6.45. The van der Waals surface area contributed by atoms with Crippen molar-refractivity contribution in [2.75, 3.05) is 0 Å². The molecule has 0 unspecified atom stereocenters. The Morgan fingerprint density at radius 3 is 2.56 bits per heavy atom. The Kier molecular flexibility index (Phi) is 2.61. The topological polar surface area (TPSA) is 67.1 Å². The molecule has 1 saturated carbocycles. The van der Waals surface area contributed by atoms with E-state index in [1.165, 1.54) is 4.57 Å². The van der Waals surface area contributed by atoms with Gasteiger partial charge in [-0.05, 0) is 19.3 Å². The van der Waals surface area contributed by atoms with Crippen molar-refractivity contribution in [2.45, 2.75) is 44.6 Å². The molecule has 0 N–H and O–H groups in total. The van der Waals surface area contributed by atoms with Gasteiger partial charge in [0, 0.05) is 11.4 Å². The van der Waals surface area contributed by atoms with Gasteiger partial charge in [-0.15, -0.1) is 0 Å². The zero-order chi connectivity index (χ0) is 12.7. The van der Waals surface area contributed by atoms with Crippen LogP contribution in [0.2, 0.25) is 0 Å². The van der Waals surface area contributed by atoms with Crippen LogP contribution in [0.25, 0.3) is 12.2 Å². The van der Waals surface area contributed by atoms with Gasteiger partial charge in [0.15, 0.2) is 0 Å². The highest BCUT2D eigenvalue weighted by atomic mass is 16.5. The van der Waals surface area contributed by atoms with Gasteiger partial charge >= 0.3 is 5.69 Å². The first-order chi connectivity index (χ1) is 8.70. The fraction of sp³-hybridized carbons (Fsp3) is 0.538. The Morgan fingerprint density at radius 2 is 1.83 bits per heavy atom. The smallest absolute Gasteiger partial charge is 0.327 e. The van der Waals surface area contributed by atoms with Crippen molar-refractivity contribution in [2.24, 2.45) is 0 Å². The molecule has 1 aromatic heterocycles. The highest BCUT2D eigenvalue weighted by molar-refractivity contribution is 5.43. The van der Waals surface area contributed by atoms with Crippen LogP contribution in [0, 0.1) is 5.21 Å². The van der Waals surface area contributed by atoms with Gasteiger partial charge in [-0.3, -0.25) is 9.36 Å². The third-order valence-electron chi connectivity index (χ3n) is 3.90. The van der Waals surface area contributed by atoms with Crippen LogP contribution in [-0.4, -0.2) is 9.30 Å². The minimum absolute atomic E-state index is 0.0988. The number of hydrogen-bond donors (Lipinski definition) is 0. The SMILES string of the molecule is O=c1c2c(n([O-])c(=O)n1C1CCCCC1)=CCC=2. The first-order valence-electron chi connectivity index (χ1n) is 6.45. The quantitative estimate of drug-likeness (QED) is 0.691. The number of aromatic nitrogens is 2. The van der Waals surface area contributed by atoms with Crippen LogP contribution >= 0.6 is 0 Å². The van der Waals surface area contributed by atoms with Crippen molar-refractivity contribution in [1.29, 1.82) is 0 Å². The summed E-state index contributed by atoms with van der Waals surface area (Å²) in [6.07, 6.45) is 8.73. The van der Waals surface area contributed by atoms with Crippen molar-refractivity contribution in [3.05, 3.63) is 36.6 Å². The van der Waals surface area contributed by atoms with E-state index in [-0.39, 0.29) is 17.0 Å². The molecule has 1 heterocycles. The van der Waals surface area contributed by atoms with Gasteiger partial charge < -0.3 is 9.94 Å². The summed E-state index contributed by atoms with van der Waals surface area (Å²) in [5.74, 6) is 0. The van der Waals surface area contributed by atoms with E-state index in [0.29, 0.717) is 16.4 Å². The molecule has 1 fully saturated rings. The monoisotopic (exact) mass is 247 g/mol. The van der Waals surface area contributed by atoms with Crippen LogP contribution in [0.15, 0.2) is 9.59 Å². The van der Waals surface area contributed by atoms with Crippen molar-refractivity contribution in [3.8, 4) is 0 Å². The highest BCUT2D eigenvalue weighted by Gasteiger charge is 2.20. The van der Waals surface area contributed by atoms with Crippen LogP contribution in [0.5, 0.6) is 0 Å². The van der Waals surface area contributed by atoms with E-state index in [0.717, 1.165) is 32.1 Å². The third kappa shape index (κ3) is 1.54. The lowest BCUT2D eigenvalue weighted by Crippen LogP contribution is -2.57. The molecule has 0 spiro atoms.